The molecule has 4 aromatic rings. The molecule has 0 bridgehead atoms. The van der Waals surface area contributed by atoms with Crippen LogP contribution in [0.15, 0.2) is 64.7 Å². The number of aromatic amines is 1. The maximum Gasteiger partial charge on any atom is 0.418 e. The highest BCUT2D eigenvalue weighted by molar-refractivity contribution is 7.99. The summed E-state index contributed by atoms with van der Waals surface area (Å²) in [6.07, 6.45) is -3.19. The molecule has 2 aromatic heterocycles. The van der Waals surface area contributed by atoms with Gasteiger partial charge in [-0.1, -0.05) is 36.0 Å². The standard InChI is InChI=1S/C21H16F3N5O2S/c1-12-5-4-6-13(9-12)29-18-14(10-25-29)19(31)28-20(27-18)32-11-17(30)26-16-8-3-2-7-15(16)21(22,23)24/h2-10H,11H2,1H3,(H,26,30)(H,27,28,31). The van der Waals surface area contributed by atoms with Gasteiger partial charge >= 0.3 is 6.18 Å². The number of H-pyrrole nitrogens is 1. The number of aryl methyl sites for hydroxylation is 1. The molecule has 164 valence electrons. The first-order chi connectivity index (χ1) is 15.2. The molecule has 0 radical (unpaired) electrons. The van der Waals surface area contributed by atoms with E-state index in [1.165, 1.54) is 29.1 Å². The molecule has 7 nitrogen and oxygen atoms in total. The van der Waals surface area contributed by atoms with E-state index in [0.717, 1.165) is 29.1 Å². The first-order valence-corrected chi connectivity index (χ1v) is 10.3. The topological polar surface area (TPSA) is 92.7 Å². The number of anilines is 1. The summed E-state index contributed by atoms with van der Waals surface area (Å²) in [7, 11) is 0. The molecule has 2 heterocycles. The minimum atomic E-state index is -4.59. The lowest BCUT2D eigenvalue weighted by molar-refractivity contribution is -0.137. The lowest BCUT2D eigenvalue weighted by Gasteiger charge is -2.13. The number of hydrogen-bond acceptors (Lipinski definition) is 5. The summed E-state index contributed by atoms with van der Waals surface area (Å²) in [6.45, 7) is 1.92. The number of carbonyl (C=O) groups is 1. The van der Waals surface area contributed by atoms with Gasteiger partial charge in [-0.25, -0.2) is 9.67 Å². The zero-order valence-electron chi connectivity index (χ0n) is 16.6. The number of benzene rings is 2. The molecule has 0 saturated heterocycles. The quantitative estimate of drug-likeness (QED) is 0.345. The Balaban J connectivity index is 1.55. The van der Waals surface area contributed by atoms with Crippen molar-refractivity contribution < 1.29 is 18.0 Å². The molecule has 0 aliphatic carbocycles. The third kappa shape index (κ3) is 4.52. The number of rotatable bonds is 5. The highest BCUT2D eigenvalue weighted by Crippen LogP contribution is 2.34. The number of aromatic nitrogens is 4. The minimum Gasteiger partial charge on any atom is -0.325 e. The Morgan fingerprint density at radius 2 is 1.97 bits per heavy atom. The van der Waals surface area contributed by atoms with Crippen LogP contribution in [0.25, 0.3) is 16.7 Å². The largest absolute Gasteiger partial charge is 0.418 e. The molecule has 32 heavy (non-hydrogen) atoms. The number of fused-ring (bicyclic) bond motifs is 1. The van der Waals surface area contributed by atoms with Gasteiger partial charge in [-0.15, -0.1) is 0 Å². The molecule has 1 amide bonds. The van der Waals surface area contributed by atoms with Crippen molar-refractivity contribution in [2.75, 3.05) is 11.1 Å². The van der Waals surface area contributed by atoms with Gasteiger partial charge in [0, 0.05) is 0 Å². The molecule has 0 atom stereocenters. The molecule has 0 aliphatic heterocycles. The van der Waals surface area contributed by atoms with Gasteiger partial charge in [0.05, 0.1) is 28.9 Å². The maximum atomic E-state index is 13.1. The molecule has 0 saturated carbocycles. The number of nitrogens with one attached hydrogen (secondary N) is 2. The lowest BCUT2D eigenvalue weighted by Crippen LogP contribution is -2.18. The molecule has 2 N–H and O–H groups in total. The SMILES string of the molecule is Cc1cccc(-n2ncc3c(=O)[nH]c(SCC(=O)Nc4ccccc4C(F)(F)F)nc32)c1. The van der Waals surface area contributed by atoms with Crippen molar-refractivity contribution in [3.8, 4) is 5.69 Å². The van der Waals surface area contributed by atoms with E-state index < -0.39 is 23.2 Å². The Morgan fingerprint density at radius 3 is 2.72 bits per heavy atom. The molecule has 0 aliphatic rings. The molecular formula is C21H16F3N5O2S. The van der Waals surface area contributed by atoms with Gasteiger partial charge in [-0.2, -0.15) is 18.3 Å². The van der Waals surface area contributed by atoms with Crippen LogP contribution in [-0.4, -0.2) is 31.4 Å². The van der Waals surface area contributed by atoms with E-state index in [9.17, 15) is 22.8 Å². The van der Waals surface area contributed by atoms with Crippen molar-refractivity contribution in [1.29, 1.82) is 0 Å². The first kappa shape index (κ1) is 21.6. The van der Waals surface area contributed by atoms with Gasteiger partial charge in [0.1, 0.15) is 5.39 Å². The average molecular weight is 459 g/mol. The minimum absolute atomic E-state index is 0.149. The van der Waals surface area contributed by atoms with Gasteiger partial charge in [0.25, 0.3) is 5.56 Å². The Kier molecular flexibility index (Phi) is 5.74. The van der Waals surface area contributed by atoms with Crippen LogP contribution in [0.3, 0.4) is 0 Å². The van der Waals surface area contributed by atoms with Crippen molar-refractivity contribution in [2.45, 2.75) is 18.3 Å². The van der Waals surface area contributed by atoms with E-state index in [-0.39, 0.29) is 22.0 Å². The van der Waals surface area contributed by atoms with E-state index in [1.807, 2.05) is 31.2 Å². The Hall–Kier alpha value is -3.60. The van der Waals surface area contributed by atoms with Crippen molar-refractivity contribution in [2.24, 2.45) is 0 Å². The number of thioether (sulfide) groups is 1. The third-order valence-electron chi connectivity index (χ3n) is 4.51. The Bertz CT molecular complexity index is 1360. The van der Waals surface area contributed by atoms with Gasteiger partial charge in [-0.05, 0) is 36.8 Å². The van der Waals surface area contributed by atoms with Gasteiger partial charge in [0.15, 0.2) is 10.8 Å². The number of hydrogen-bond donors (Lipinski definition) is 2. The highest BCUT2D eigenvalue weighted by Gasteiger charge is 2.33. The Labute approximate surface area is 183 Å². The summed E-state index contributed by atoms with van der Waals surface area (Å²) in [6, 6.07) is 12.2. The smallest absolute Gasteiger partial charge is 0.325 e. The van der Waals surface area contributed by atoms with E-state index >= 15 is 0 Å². The monoisotopic (exact) mass is 459 g/mol. The number of para-hydroxylation sites is 1. The van der Waals surface area contributed by atoms with E-state index in [4.69, 9.17) is 0 Å². The lowest BCUT2D eigenvalue weighted by atomic mass is 10.1. The number of amides is 1. The normalized spacial score (nSPS) is 11.6. The second-order valence-corrected chi connectivity index (χ2v) is 7.85. The number of halogens is 3. The van der Waals surface area contributed by atoms with Crippen LogP contribution in [0, 0.1) is 6.92 Å². The van der Waals surface area contributed by atoms with Crippen LogP contribution in [0.2, 0.25) is 0 Å². The summed E-state index contributed by atoms with van der Waals surface area (Å²) in [5.41, 5.74) is 0.328. The fourth-order valence-corrected chi connectivity index (χ4v) is 3.73. The molecular weight excluding hydrogens is 443 g/mol. The summed E-state index contributed by atoms with van der Waals surface area (Å²) in [5.74, 6) is -0.916. The van der Waals surface area contributed by atoms with Crippen molar-refractivity contribution in [3.63, 3.8) is 0 Å². The average Bonchev–Trinajstić information content (AvgIpc) is 3.16. The second kappa shape index (κ2) is 8.50. The number of nitrogens with zero attached hydrogens (tertiary/aromatic N) is 3. The predicted molar refractivity (Wildman–Crippen MR) is 115 cm³/mol. The molecule has 0 fully saturated rings. The second-order valence-electron chi connectivity index (χ2n) is 6.88. The van der Waals surface area contributed by atoms with Crippen LogP contribution in [0.4, 0.5) is 18.9 Å². The summed E-state index contributed by atoms with van der Waals surface area (Å²) >= 11 is 0.900. The van der Waals surface area contributed by atoms with E-state index in [0.29, 0.717) is 5.65 Å². The van der Waals surface area contributed by atoms with Crippen LogP contribution >= 0.6 is 11.8 Å². The molecule has 2 aromatic carbocycles. The van der Waals surface area contributed by atoms with Crippen LogP contribution in [0.5, 0.6) is 0 Å². The zero-order chi connectivity index (χ0) is 22.9. The third-order valence-corrected chi connectivity index (χ3v) is 5.38. The maximum absolute atomic E-state index is 13.1. The fourth-order valence-electron chi connectivity index (χ4n) is 3.07. The number of alkyl halides is 3. The van der Waals surface area contributed by atoms with E-state index in [2.05, 4.69) is 20.4 Å². The molecule has 4 rings (SSSR count). The van der Waals surface area contributed by atoms with Crippen molar-refractivity contribution in [3.05, 3.63) is 76.2 Å². The van der Waals surface area contributed by atoms with Crippen LogP contribution in [-0.2, 0) is 11.0 Å². The Morgan fingerprint density at radius 1 is 1.19 bits per heavy atom. The predicted octanol–water partition coefficient (Wildman–Crippen LogP) is 4.17. The van der Waals surface area contributed by atoms with Crippen LogP contribution < -0.4 is 10.9 Å². The first-order valence-electron chi connectivity index (χ1n) is 9.36. The highest BCUT2D eigenvalue weighted by atomic mass is 32.2. The zero-order valence-corrected chi connectivity index (χ0v) is 17.4. The summed E-state index contributed by atoms with van der Waals surface area (Å²) in [5, 5.41) is 6.92. The molecule has 11 heteroatoms. The summed E-state index contributed by atoms with van der Waals surface area (Å²) in [4.78, 5) is 31.6. The van der Waals surface area contributed by atoms with Crippen molar-refractivity contribution >= 4 is 34.4 Å². The van der Waals surface area contributed by atoms with Gasteiger partial charge < -0.3 is 10.3 Å². The van der Waals surface area contributed by atoms with E-state index in [1.54, 1.807) is 0 Å². The van der Waals surface area contributed by atoms with Crippen molar-refractivity contribution in [1.82, 2.24) is 19.7 Å². The number of carbonyl (C=O) groups excluding carboxylic acids is 1. The summed E-state index contributed by atoms with van der Waals surface area (Å²) < 4.78 is 40.8. The molecule has 0 spiro atoms. The van der Waals surface area contributed by atoms with Crippen LogP contribution in [0.1, 0.15) is 11.1 Å². The van der Waals surface area contributed by atoms with Gasteiger partial charge in [0.2, 0.25) is 5.91 Å². The molecule has 0 unspecified atom stereocenters. The fraction of sp³-hybridized carbons (Fsp3) is 0.143. The van der Waals surface area contributed by atoms with Gasteiger partial charge in [-0.3, -0.25) is 9.59 Å².